The van der Waals surface area contributed by atoms with Crippen molar-refractivity contribution >= 4 is 33.2 Å². The maximum Gasteiger partial charge on any atom is 0.262 e. The molecule has 2 N–H and O–H groups in total. The molecule has 0 saturated heterocycles. The van der Waals surface area contributed by atoms with Gasteiger partial charge in [0, 0.05) is 11.7 Å². The number of amides is 1. The summed E-state index contributed by atoms with van der Waals surface area (Å²) in [7, 11) is -3.82. The molecule has 4 aromatic carbocycles. The van der Waals surface area contributed by atoms with Gasteiger partial charge in [0.05, 0.1) is 9.92 Å². The predicted molar refractivity (Wildman–Crippen MR) is 148 cm³/mol. The molecule has 0 fully saturated rings. The zero-order chi connectivity index (χ0) is 27.0. The summed E-state index contributed by atoms with van der Waals surface area (Å²) in [6.07, 6.45) is 0. The van der Waals surface area contributed by atoms with Crippen LogP contribution in [0.2, 0.25) is 5.02 Å². The van der Waals surface area contributed by atoms with E-state index in [9.17, 15) is 13.2 Å². The SMILES string of the molecule is C[C@@H](NS(=O)(=O)c1ccc(OCC(=O)Nc2ccc(OCc3ccccc3)cc2)c(Cl)c1)c1ccccc1. The smallest absolute Gasteiger partial charge is 0.262 e. The van der Waals surface area contributed by atoms with Gasteiger partial charge < -0.3 is 14.8 Å². The Balaban J connectivity index is 1.28. The molecule has 0 radical (unpaired) electrons. The van der Waals surface area contributed by atoms with Crippen molar-refractivity contribution in [3.63, 3.8) is 0 Å². The van der Waals surface area contributed by atoms with E-state index in [1.54, 1.807) is 31.2 Å². The number of nitrogens with one attached hydrogen (secondary N) is 2. The van der Waals surface area contributed by atoms with Crippen LogP contribution in [0.15, 0.2) is 108 Å². The van der Waals surface area contributed by atoms with Gasteiger partial charge in [-0.15, -0.1) is 0 Å². The Hall–Kier alpha value is -3.85. The Kier molecular flexibility index (Phi) is 9.02. The molecule has 4 rings (SSSR count). The topological polar surface area (TPSA) is 93.7 Å². The standard InChI is InChI=1S/C29H27ClN2O5S/c1-21(23-10-6-3-7-11-23)32-38(34,35)26-16-17-28(27(30)18-26)37-20-29(33)31-24-12-14-25(15-13-24)36-19-22-8-4-2-5-9-22/h2-18,21,32H,19-20H2,1H3,(H,31,33)/t21-/m1/s1. The lowest BCUT2D eigenvalue weighted by molar-refractivity contribution is -0.118. The fraction of sp³-hybridized carbons (Fsp3) is 0.138. The number of hydrogen-bond acceptors (Lipinski definition) is 5. The summed E-state index contributed by atoms with van der Waals surface area (Å²) < 4.78 is 39.5. The highest BCUT2D eigenvalue weighted by atomic mass is 35.5. The Morgan fingerprint density at radius 3 is 2.18 bits per heavy atom. The molecule has 0 bridgehead atoms. The van der Waals surface area contributed by atoms with E-state index < -0.39 is 22.0 Å². The lowest BCUT2D eigenvalue weighted by atomic mass is 10.1. The van der Waals surface area contributed by atoms with Crippen LogP contribution in [0.4, 0.5) is 5.69 Å². The quantitative estimate of drug-likeness (QED) is 0.240. The van der Waals surface area contributed by atoms with Gasteiger partial charge in [0.25, 0.3) is 5.91 Å². The first-order chi connectivity index (χ1) is 18.3. The van der Waals surface area contributed by atoms with Gasteiger partial charge in [-0.2, -0.15) is 0 Å². The number of halogens is 1. The monoisotopic (exact) mass is 550 g/mol. The second-order valence-electron chi connectivity index (χ2n) is 8.48. The van der Waals surface area contributed by atoms with E-state index in [0.29, 0.717) is 18.0 Å². The van der Waals surface area contributed by atoms with Crippen LogP contribution in [-0.4, -0.2) is 20.9 Å². The lowest BCUT2D eigenvalue weighted by Crippen LogP contribution is -2.27. The molecule has 4 aromatic rings. The van der Waals surface area contributed by atoms with Gasteiger partial charge in [-0.25, -0.2) is 13.1 Å². The number of hydrogen-bond donors (Lipinski definition) is 2. The summed E-state index contributed by atoms with van der Waals surface area (Å²) in [5.74, 6) is 0.480. The molecule has 0 spiro atoms. The number of ether oxygens (including phenoxy) is 2. The first kappa shape index (κ1) is 27.2. The minimum absolute atomic E-state index is 0.00310. The number of anilines is 1. The van der Waals surface area contributed by atoms with Gasteiger partial charge in [-0.3, -0.25) is 4.79 Å². The molecule has 7 nitrogen and oxygen atoms in total. The number of benzene rings is 4. The van der Waals surface area contributed by atoms with E-state index in [1.165, 1.54) is 18.2 Å². The summed E-state index contributed by atoms with van der Waals surface area (Å²) in [5, 5.41) is 2.81. The Labute approximate surface area is 227 Å². The van der Waals surface area contributed by atoms with Crippen molar-refractivity contribution in [1.29, 1.82) is 0 Å². The van der Waals surface area contributed by atoms with Crippen LogP contribution in [0.1, 0.15) is 24.1 Å². The Morgan fingerprint density at radius 1 is 0.868 bits per heavy atom. The molecular formula is C29H27ClN2O5S. The molecule has 0 aliphatic carbocycles. The molecule has 38 heavy (non-hydrogen) atoms. The zero-order valence-corrected chi connectivity index (χ0v) is 22.2. The molecule has 0 unspecified atom stereocenters. The molecule has 0 heterocycles. The third-order valence-corrected chi connectivity index (χ3v) is 7.42. The fourth-order valence-electron chi connectivity index (χ4n) is 3.59. The van der Waals surface area contributed by atoms with Crippen LogP contribution >= 0.6 is 11.6 Å². The number of sulfonamides is 1. The maximum atomic E-state index is 12.8. The van der Waals surface area contributed by atoms with E-state index >= 15 is 0 Å². The van der Waals surface area contributed by atoms with Crippen LogP contribution in [0.5, 0.6) is 11.5 Å². The largest absolute Gasteiger partial charge is 0.489 e. The van der Waals surface area contributed by atoms with Crippen LogP contribution in [0, 0.1) is 0 Å². The molecule has 9 heteroatoms. The zero-order valence-electron chi connectivity index (χ0n) is 20.6. The van der Waals surface area contributed by atoms with E-state index in [2.05, 4.69) is 10.0 Å². The van der Waals surface area contributed by atoms with Gasteiger partial charge in [-0.1, -0.05) is 72.3 Å². The summed E-state index contributed by atoms with van der Waals surface area (Å²) in [6.45, 7) is 1.90. The summed E-state index contributed by atoms with van der Waals surface area (Å²) in [6, 6.07) is 29.7. The first-order valence-corrected chi connectivity index (χ1v) is 13.7. The second-order valence-corrected chi connectivity index (χ2v) is 10.6. The van der Waals surface area contributed by atoms with Crippen molar-refractivity contribution in [2.45, 2.75) is 24.5 Å². The summed E-state index contributed by atoms with van der Waals surface area (Å²) >= 11 is 6.26. The third-order valence-electron chi connectivity index (χ3n) is 5.59. The molecule has 196 valence electrons. The predicted octanol–water partition coefficient (Wildman–Crippen LogP) is 5.98. The maximum absolute atomic E-state index is 12.8. The van der Waals surface area contributed by atoms with Crippen LogP contribution in [-0.2, 0) is 21.4 Å². The lowest BCUT2D eigenvalue weighted by Gasteiger charge is -2.15. The number of carbonyl (C=O) groups is 1. The average Bonchev–Trinajstić information content (AvgIpc) is 2.93. The molecule has 1 amide bonds. The van der Waals surface area contributed by atoms with Crippen molar-refractivity contribution in [2.24, 2.45) is 0 Å². The highest BCUT2D eigenvalue weighted by molar-refractivity contribution is 7.89. The van der Waals surface area contributed by atoms with E-state index in [1.807, 2.05) is 60.7 Å². The highest BCUT2D eigenvalue weighted by Crippen LogP contribution is 2.28. The van der Waals surface area contributed by atoms with Crippen molar-refractivity contribution in [3.05, 3.63) is 119 Å². The molecule has 0 aromatic heterocycles. The Morgan fingerprint density at radius 2 is 1.53 bits per heavy atom. The summed E-state index contributed by atoms with van der Waals surface area (Å²) in [5.41, 5.74) is 2.48. The van der Waals surface area contributed by atoms with Crippen molar-refractivity contribution in [1.82, 2.24) is 4.72 Å². The molecular weight excluding hydrogens is 524 g/mol. The van der Waals surface area contributed by atoms with Gasteiger partial charge in [-0.05, 0) is 60.5 Å². The van der Waals surface area contributed by atoms with Crippen molar-refractivity contribution in [3.8, 4) is 11.5 Å². The van der Waals surface area contributed by atoms with Crippen molar-refractivity contribution in [2.75, 3.05) is 11.9 Å². The van der Waals surface area contributed by atoms with Gasteiger partial charge >= 0.3 is 0 Å². The number of carbonyl (C=O) groups excluding carboxylic acids is 1. The van der Waals surface area contributed by atoms with Crippen LogP contribution in [0.25, 0.3) is 0 Å². The van der Waals surface area contributed by atoms with Gasteiger partial charge in [0.2, 0.25) is 10.0 Å². The van der Waals surface area contributed by atoms with E-state index in [4.69, 9.17) is 21.1 Å². The molecule has 0 aliphatic rings. The van der Waals surface area contributed by atoms with Crippen molar-refractivity contribution < 1.29 is 22.7 Å². The molecule has 0 saturated carbocycles. The molecule has 0 aliphatic heterocycles. The normalized spacial score (nSPS) is 11.9. The minimum Gasteiger partial charge on any atom is -0.489 e. The van der Waals surface area contributed by atoms with Crippen LogP contribution < -0.4 is 19.5 Å². The number of rotatable bonds is 11. The van der Waals surface area contributed by atoms with E-state index in [-0.39, 0.29) is 22.3 Å². The second kappa shape index (κ2) is 12.6. The first-order valence-electron chi connectivity index (χ1n) is 11.9. The average molecular weight is 551 g/mol. The van der Waals surface area contributed by atoms with Gasteiger partial charge in [0.15, 0.2) is 6.61 Å². The third kappa shape index (κ3) is 7.58. The van der Waals surface area contributed by atoms with E-state index in [0.717, 1.165) is 11.1 Å². The minimum atomic E-state index is -3.82. The van der Waals surface area contributed by atoms with Gasteiger partial charge in [0.1, 0.15) is 18.1 Å². The highest BCUT2D eigenvalue weighted by Gasteiger charge is 2.20. The van der Waals surface area contributed by atoms with Crippen LogP contribution in [0.3, 0.4) is 0 Å². The fourth-order valence-corrected chi connectivity index (χ4v) is 5.15. The molecule has 1 atom stereocenters. The summed E-state index contributed by atoms with van der Waals surface area (Å²) in [4.78, 5) is 12.4. The Bertz CT molecular complexity index is 1460.